The number of fused-ring (bicyclic) bond motifs is 1. The molecule has 0 bridgehead atoms. The zero-order valence-electron chi connectivity index (χ0n) is 19.9. The highest BCUT2D eigenvalue weighted by Gasteiger charge is 2.23. The third-order valence-electron chi connectivity index (χ3n) is 5.33. The number of ether oxygens (including phenoxy) is 2. The number of methoxy groups -OCH3 is 2. The summed E-state index contributed by atoms with van der Waals surface area (Å²) >= 11 is 0. The molecule has 0 spiro atoms. The third kappa shape index (κ3) is 4.55. The van der Waals surface area contributed by atoms with Gasteiger partial charge in [-0.3, -0.25) is 0 Å². The van der Waals surface area contributed by atoms with Crippen molar-refractivity contribution in [1.29, 1.82) is 0 Å². The van der Waals surface area contributed by atoms with Crippen molar-refractivity contribution in [2.75, 3.05) is 46.4 Å². The van der Waals surface area contributed by atoms with Gasteiger partial charge in [0.25, 0.3) is 0 Å². The van der Waals surface area contributed by atoms with E-state index in [1.807, 2.05) is 30.6 Å². The molecule has 0 unspecified atom stereocenters. The molecule has 8 heteroatoms. The van der Waals surface area contributed by atoms with Crippen LogP contribution in [0.1, 0.15) is 49.8 Å². The Bertz CT molecular complexity index is 1040. The molecule has 3 rings (SSSR count). The summed E-state index contributed by atoms with van der Waals surface area (Å²) in [5, 5.41) is 4.74. The highest BCUT2D eigenvalue weighted by atomic mass is 16.5. The van der Waals surface area contributed by atoms with Gasteiger partial charge in [0.2, 0.25) is 0 Å². The molecular formula is C23H34N6O2. The van der Waals surface area contributed by atoms with Gasteiger partial charge in [-0.05, 0) is 31.4 Å². The largest absolute Gasteiger partial charge is 0.382 e. The molecule has 0 aliphatic carbocycles. The Labute approximate surface area is 184 Å². The van der Waals surface area contributed by atoms with Gasteiger partial charge in [-0.15, -0.1) is 0 Å². The van der Waals surface area contributed by atoms with Gasteiger partial charge in [0.15, 0.2) is 5.65 Å². The molecule has 0 atom stereocenters. The fourth-order valence-electron chi connectivity index (χ4n) is 3.72. The Balaban J connectivity index is 2.23. The summed E-state index contributed by atoms with van der Waals surface area (Å²) in [6.07, 6.45) is 0.751. The van der Waals surface area contributed by atoms with E-state index < -0.39 is 0 Å². The summed E-state index contributed by atoms with van der Waals surface area (Å²) in [4.78, 5) is 17.0. The number of aryl methyl sites for hydroxylation is 2. The molecular weight excluding hydrogens is 392 g/mol. The number of rotatable bonds is 9. The number of anilines is 1. The first-order valence-corrected chi connectivity index (χ1v) is 10.7. The Kier molecular flexibility index (Phi) is 7.23. The molecule has 0 aliphatic heterocycles. The molecule has 31 heavy (non-hydrogen) atoms. The summed E-state index contributed by atoms with van der Waals surface area (Å²) in [6.45, 7) is 9.34. The van der Waals surface area contributed by atoms with E-state index in [0.29, 0.717) is 19.1 Å². The zero-order chi connectivity index (χ0) is 22.7. The van der Waals surface area contributed by atoms with E-state index in [1.54, 1.807) is 14.2 Å². The van der Waals surface area contributed by atoms with Gasteiger partial charge in [0.1, 0.15) is 17.4 Å². The summed E-state index contributed by atoms with van der Waals surface area (Å²) in [6, 6.07) is 4.13. The van der Waals surface area contributed by atoms with Crippen molar-refractivity contribution in [3.8, 4) is 11.3 Å². The maximum absolute atomic E-state index is 5.39. The fraction of sp³-hybridized carbons (Fsp3) is 0.565. The smallest absolute Gasteiger partial charge is 0.177 e. The molecule has 0 saturated carbocycles. The first-order valence-electron chi connectivity index (χ1n) is 10.7. The number of nitrogens with zero attached hydrogens (tertiary/aromatic N) is 6. The van der Waals surface area contributed by atoms with Crippen LogP contribution < -0.4 is 4.90 Å². The molecule has 3 aromatic rings. The molecule has 0 saturated heterocycles. The third-order valence-corrected chi connectivity index (χ3v) is 5.33. The Morgan fingerprint density at radius 1 is 1.03 bits per heavy atom. The summed E-state index contributed by atoms with van der Waals surface area (Å²) in [7, 11) is 7.38. The van der Waals surface area contributed by atoms with E-state index >= 15 is 0 Å². The van der Waals surface area contributed by atoms with Crippen LogP contribution in [0.4, 0.5) is 5.82 Å². The summed E-state index contributed by atoms with van der Waals surface area (Å²) in [5.41, 5.74) is 6.21. The first-order chi connectivity index (χ1) is 14.8. The molecule has 3 heterocycles. The summed E-state index contributed by atoms with van der Waals surface area (Å²) < 4.78 is 12.7. The number of hydrogen-bond donors (Lipinski definition) is 0. The quantitative estimate of drug-likeness (QED) is 0.515. The molecule has 0 fully saturated rings. The zero-order valence-corrected chi connectivity index (χ0v) is 19.9. The second-order valence-corrected chi connectivity index (χ2v) is 8.30. The first kappa shape index (κ1) is 23.1. The Morgan fingerprint density at radius 3 is 2.26 bits per heavy atom. The SMILES string of the molecule is CCc1nc2c(nc1-c1ccc(C(C)C)nc1N(C)C)c(C)nn2C(COC)COC. The number of pyridine rings is 1. The van der Waals surface area contributed by atoms with Gasteiger partial charge in [-0.1, -0.05) is 20.8 Å². The van der Waals surface area contributed by atoms with Gasteiger partial charge in [0.05, 0.1) is 30.3 Å². The van der Waals surface area contributed by atoms with Crippen molar-refractivity contribution >= 4 is 17.0 Å². The lowest BCUT2D eigenvalue weighted by Gasteiger charge is -2.20. The van der Waals surface area contributed by atoms with Crippen LogP contribution in [0.2, 0.25) is 0 Å². The molecule has 3 aromatic heterocycles. The van der Waals surface area contributed by atoms with Crippen LogP contribution in [0.15, 0.2) is 12.1 Å². The molecule has 0 amide bonds. The molecule has 0 N–H and O–H groups in total. The average molecular weight is 427 g/mol. The van der Waals surface area contributed by atoms with E-state index in [0.717, 1.165) is 51.7 Å². The van der Waals surface area contributed by atoms with Crippen molar-refractivity contribution in [2.45, 2.75) is 46.1 Å². The standard InChI is InChI=1S/C23H34N6O2/c1-9-18-21(17-10-11-19(14(2)3)25-22(17)28(5)6)26-20-15(4)27-29(23(20)24-18)16(12-30-7)13-31-8/h10-11,14,16H,9,12-13H2,1-8H3. The lowest BCUT2D eigenvalue weighted by atomic mass is 10.0. The van der Waals surface area contributed by atoms with E-state index in [9.17, 15) is 0 Å². The Morgan fingerprint density at radius 2 is 1.71 bits per heavy atom. The molecule has 168 valence electrons. The lowest BCUT2D eigenvalue weighted by molar-refractivity contribution is 0.0855. The Hall–Kier alpha value is -2.58. The average Bonchev–Trinajstić information content (AvgIpc) is 3.07. The van der Waals surface area contributed by atoms with Gasteiger partial charge < -0.3 is 14.4 Å². The maximum Gasteiger partial charge on any atom is 0.177 e. The predicted octanol–water partition coefficient (Wildman–Crippen LogP) is 3.78. The van der Waals surface area contributed by atoms with Crippen LogP contribution in [0.5, 0.6) is 0 Å². The lowest BCUT2D eigenvalue weighted by Crippen LogP contribution is -2.21. The second-order valence-electron chi connectivity index (χ2n) is 8.30. The van der Waals surface area contributed by atoms with E-state index in [1.165, 1.54) is 0 Å². The van der Waals surface area contributed by atoms with Crippen molar-refractivity contribution < 1.29 is 9.47 Å². The monoisotopic (exact) mass is 426 g/mol. The highest BCUT2D eigenvalue weighted by Crippen LogP contribution is 2.33. The normalized spacial score (nSPS) is 11.8. The predicted molar refractivity (Wildman–Crippen MR) is 124 cm³/mol. The molecule has 8 nitrogen and oxygen atoms in total. The minimum Gasteiger partial charge on any atom is -0.382 e. The van der Waals surface area contributed by atoms with Gasteiger partial charge in [-0.25, -0.2) is 19.6 Å². The fourth-order valence-corrected chi connectivity index (χ4v) is 3.72. The van der Waals surface area contributed by atoms with Gasteiger partial charge in [-0.2, -0.15) is 5.10 Å². The number of aromatic nitrogens is 5. The van der Waals surface area contributed by atoms with Crippen molar-refractivity contribution in [3.63, 3.8) is 0 Å². The minimum atomic E-state index is -0.0691. The highest BCUT2D eigenvalue weighted by molar-refractivity contribution is 5.82. The minimum absolute atomic E-state index is 0.0691. The van der Waals surface area contributed by atoms with Crippen LogP contribution in [-0.4, -0.2) is 66.3 Å². The molecule has 0 aliphatic rings. The van der Waals surface area contributed by atoms with Crippen LogP contribution in [-0.2, 0) is 15.9 Å². The van der Waals surface area contributed by atoms with E-state index in [2.05, 4.69) is 32.9 Å². The topological polar surface area (TPSA) is 78.2 Å². The van der Waals surface area contributed by atoms with E-state index in [-0.39, 0.29) is 6.04 Å². The van der Waals surface area contributed by atoms with Crippen molar-refractivity contribution in [1.82, 2.24) is 24.7 Å². The number of hydrogen-bond acceptors (Lipinski definition) is 7. The van der Waals surface area contributed by atoms with E-state index in [4.69, 9.17) is 29.5 Å². The van der Waals surface area contributed by atoms with Crippen LogP contribution >= 0.6 is 0 Å². The van der Waals surface area contributed by atoms with Gasteiger partial charge in [0, 0.05) is 39.6 Å². The molecule has 0 radical (unpaired) electrons. The van der Waals surface area contributed by atoms with Crippen LogP contribution in [0.25, 0.3) is 22.4 Å². The van der Waals surface area contributed by atoms with Crippen LogP contribution in [0.3, 0.4) is 0 Å². The van der Waals surface area contributed by atoms with Crippen LogP contribution in [0, 0.1) is 6.92 Å². The molecule has 0 aromatic carbocycles. The van der Waals surface area contributed by atoms with Gasteiger partial charge >= 0.3 is 0 Å². The van der Waals surface area contributed by atoms with Crippen molar-refractivity contribution in [2.24, 2.45) is 0 Å². The second kappa shape index (κ2) is 9.70. The summed E-state index contributed by atoms with van der Waals surface area (Å²) in [5.74, 6) is 1.25. The maximum atomic E-state index is 5.39. The van der Waals surface area contributed by atoms with Crippen molar-refractivity contribution in [3.05, 3.63) is 29.2 Å².